The van der Waals surface area contributed by atoms with Crippen molar-refractivity contribution in [2.45, 2.75) is 40.2 Å². The van der Waals surface area contributed by atoms with Crippen LogP contribution in [0.3, 0.4) is 0 Å². The average Bonchev–Trinajstić information content (AvgIpc) is 2.25. The van der Waals surface area contributed by atoms with Crippen LogP contribution in [0.15, 0.2) is 12.1 Å². The quantitative estimate of drug-likeness (QED) is 0.835. The largest absolute Gasteiger partial charge is 0.388 e. The number of hydrogen-bond acceptors (Lipinski definition) is 1. The minimum absolute atomic E-state index is 0.0370. The maximum Gasteiger partial charge on any atom is 0.164 e. The number of halogens is 2. The molecule has 1 rings (SSSR count). The lowest BCUT2D eigenvalue weighted by molar-refractivity contribution is 0.0430. The Labute approximate surface area is 95.1 Å². The third-order valence-electron chi connectivity index (χ3n) is 3.25. The van der Waals surface area contributed by atoms with E-state index in [4.69, 9.17) is 0 Å². The summed E-state index contributed by atoms with van der Waals surface area (Å²) < 4.78 is 27.0. The van der Waals surface area contributed by atoms with Crippen molar-refractivity contribution < 1.29 is 13.9 Å². The molecule has 0 radical (unpaired) electrons. The van der Waals surface area contributed by atoms with Gasteiger partial charge in [-0.3, -0.25) is 0 Å². The molecular formula is C13H18F2O. The van der Waals surface area contributed by atoms with Gasteiger partial charge in [-0.25, -0.2) is 8.78 Å². The number of hydrogen-bond donors (Lipinski definition) is 1. The predicted octanol–water partition coefficient (Wildman–Crippen LogP) is 3.74. The lowest BCUT2D eigenvalue weighted by atomic mass is 9.80. The monoisotopic (exact) mass is 228 g/mol. The van der Waals surface area contributed by atoms with E-state index in [1.165, 1.54) is 19.1 Å². The normalized spacial score (nSPS) is 13.9. The fraction of sp³-hybridized carbons (Fsp3) is 0.538. The van der Waals surface area contributed by atoms with Crippen molar-refractivity contribution in [3.63, 3.8) is 0 Å². The number of benzene rings is 1. The van der Waals surface area contributed by atoms with E-state index in [9.17, 15) is 13.9 Å². The molecule has 0 fully saturated rings. The Bertz CT molecular complexity index is 386. The van der Waals surface area contributed by atoms with E-state index < -0.39 is 23.2 Å². The van der Waals surface area contributed by atoms with Gasteiger partial charge in [0.15, 0.2) is 11.6 Å². The van der Waals surface area contributed by atoms with Crippen molar-refractivity contribution >= 4 is 0 Å². The van der Waals surface area contributed by atoms with Crippen molar-refractivity contribution in [3.8, 4) is 0 Å². The van der Waals surface area contributed by atoms with E-state index in [1.807, 2.05) is 20.8 Å². The van der Waals surface area contributed by atoms with Gasteiger partial charge in [-0.1, -0.05) is 32.9 Å². The zero-order valence-corrected chi connectivity index (χ0v) is 10.1. The summed E-state index contributed by atoms with van der Waals surface area (Å²) >= 11 is 0. The van der Waals surface area contributed by atoms with Crippen LogP contribution in [0.1, 0.15) is 44.4 Å². The summed E-state index contributed by atoms with van der Waals surface area (Å²) in [6, 6.07) is 2.94. The highest BCUT2D eigenvalue weighted by molar-refractivity contribution is 5.28. The van der Waals surface area contributed by atoms with Crippen molar-refractivity contribution in [3.05, 3.63) is 34.9 Å². The fourth-order valence-electron chi connectivity index (χ4n) is 1.49. The molecule has 0 saturated heterocycles. The fourth-order valence-corrected chi connectivity index (χ4v) is 1.49. The average molecular weight is 228 g/mol. The third-order valence-corrected chi connectivity index (χ3v) is 3.25. The predicted molar refractivity (Wildman–Crippen MR) is 60.1 cm³/mol. The summed E-state index contributed by atoms with van der Waals surface area (Å²) in [6.45, 7) is 7.06. The first-order valence-corrected chi connectivity index (χ1v) is 5.43. The van der Waals surface area contributed by atoms with Crippen molar-refractivity contribution in [1.29, 1.82) is 0 Å². The van der Waals surface area contributed by atoms with E-state index >= 15 is 0 Å². The minimum Gasteiger partial charge on any atom is -0.388 e. The number of aryl methyl sites for hydroxylation is 1. The standard InChI is InChI=1S/C13H18F2O/c1-5-13(3,4)12(16)9-7-6-8(2)10(14)11(9)15/h6-7,12,16H,5H2,1-4H3. The van der Waals surface area contributed by atoms with Crippen molar-refractivity contribution in [2.75, 3.05) is 0 Å². The molecule has 90 valence electrons. The van der Waals surface area contributed by atoms with E-state index in [2.05, 4.69) is 0 Å². The lowest BCUT2D eigenvalue weighted by Crippen LogP contribution is -2.22. The molecule has 1 N–H and O–H groups in total. The van der Waals surface area contributed by atoms with Crippen LogP contribution in [0, 0.1) is 24.0 Å². The van der Waals surface area contributed by atoms with Crippen LogP contribution < -0.4 is 0 Å². The van der Waals surface area contributed by atoms with Gasteiger partial charge in [-0.2, -0.15) is 0 Å². The summed E-state index contributed by atoms with van der Waals surface area (Å²) in [6.07, 6.45) is -0.309. The molecule has 0 aromatic heterocycles. The Hall–Kier alpha value is -0.960. The molecule has 0 aliphatic carbocycles. The van der Waals surface area contributed by atoms with E-state index in [0.29, 0.717) is 6.42 Å². The van der Waals surface area contributed by atoms with Gasteiger partial charge in [0.1, 0.15) is 0 Å². The number of aliphatic hydroxyl groups is 1. The summed E-state index contributed by atoms with van der Waals surface area (Å²) in [5.74, 6) is -1.81. The highest BCUT2D eigenvalue weighted by Crippen LogP contribution is 2.37. The van der Waals surface area contributed by atoms with Gasteiger partial charge in [0.25, 0.3) is 0 Å². The van der Waals surface area contributed by atoms with Gasteiger partial charge in [0.05, 0.1) is 6.10 Å². The van der Waals surface area contributed by atoms with Crippen LogP contribution in [-0.2, 0) is 0 Å². The SMILES string of the molecule is CCC(C)(C)C(O)c1ccc(C)c(F)c1F. The van der Waals surface area contributed by atoms with E-state index in [1.54, 1.807) is 0 Å². The Morgan fingerprint density at radius 2 is 1.81 bits per heavy atom. The zero-order chi connectivity index (χ0) is 12.5. The molecule has 1 nitrogen and oxygen atoms in total. The number of aliphatic hydroxyl groups excluding tert-OH is 1. The highest BCUT2D eigenvalue weighted by atomic mass is 19.2. The molecule has 0 spiro atoms. The molecule has 0 saturated carbocycles. The Kier molecular flexibility index (Phi) is 3.68. The molecule has 0 bridgehead atoms. The minimum atomic E-state index is -0.993. The topological polar surface area (TPSA) is 20.2 Å². The zero-order valence-electron chi connectivity index (χ0n) is 10.1. The molecule has 3 heteroatoms. The second kappa shape index (κ2) is 4.50. The first-order chi connectivity index (χ1) is 7.31. The maximum atomic E-state index is 13.6. The van der Waals surface area contributed by atoms with Gasteiger partial charge in [-0.15, -0.1) is 0 Å². The molecule has 16 heavy (non-hydrogen) atoms. The Morgan fingerprint density at radius 3 is 2.31 bits per heavy atom. The van der Waals surface area contributed by atoms with Gasteiger partial charge in [0.2, 0.25) is 0 Å². The maximum absolute atomic E-state index is 13.6. The van der Waals surface area contributed by atoms with Gasteiger partial charge in [0, 0.05) is 5.56 Å². The van der Waals surface area contributed by atoms with Crippen LogP contribution >= 0.6 is 0 Å². The molecule has 1 atom stereocenters. The second-order valence-corrected chi connectivity index (χ2v) is 4.84. The summed E-state index contributed by atoms with van der Waals surface area (Å²) in [4.78, 5) is 0. The molecule has 0 aliphatic rings. The van der Waals surface area contributed by atoms with Crippen LogP contribution in [-0.4, -0.2) is 5.11 Å². The van der Waals surface area contributed by atoms with Crippen LogP contribution in [0.25, 0.3) is 0 Å². The van der Waals surface area contributed by atoms with Crippen molar-refractivity contribution in [1.82, 2.24) is 0 Å². The van der Waals surface area contributed by atoms with Crippen molar-refractivity contribution in [2.24, 2.45) is 5.41 Å². The molecule has 0 heterocycles. The molecular weight excluding hydrogens is 210 g/mol. The molecule has 1 aromatic rings. The summed E-state index contributed by atoms with van der Waals surface area (Å²) in [5.41, 5.74) is -0.180. The highest BCUT2D eigenvalue weighted by Gasteiger charge is 2.30. The van der Waals surface area contributed by atoms with Crippen LogP contribution in [0.5, 0.6) is 0 Å². The van der Waals surface area contributed by atoms with Gasteiger partial charge in [-0.05, 0) is 24.3 Å². The van der Waals surface area contributed by atoms with Crippen LogP contribution in [0.4, 0.5) is 8.78 Å². The molecule has 0 aliphatic heterocycles. The van der Waals surface area contributed by atoms with Gasteiger partial charge >= 0.3 is 0 Å². The molecule has 0 amide bonds. The summed E-state index contributed by atoms with van der Waals surface area (Å²) in [5, 5.41) is 10.0. The van der Waals surface area contributed by atoms with E-state index in [-0.39, 0.29) is 11.1 Å². The summed E-state index contributed by atoms with van der Waals surface area (Å²) in [7, 11) is 0. The second-order valence-electron chi connectivity index (χ2n) is 4.84. The Morgan fingerprint density at radius 1 is 1.25 bits per heavy atom. The number of rotatable bonds is 3. The molecule has 1 aromatic carbocycles. The van der Waals surface area contributed by atoms with Crippen LogP contribution in [0.2, 0.25) is 0 Å². The third kappa shape index (κ3) is 2.24. The lowest BCUT2D eigenvalue weighted by Gasteiger charge is -2.29. The molecule has 1 unspecified atom stereocenters. The Balaban J connectivity index is 3.20. The van der Waals surface area contributed by atoms with Gasteiger partial charge < -0.3 is 5.11 Å². The first kappa shape index (κ1) is 13.1. The smallest absolute Gasteiger partial charge is 0.164 e. The van der Waals surface area contributed by atoms with E-state index in [0.717, 1.165) is 0 Å². The first-order valence-electron chi connectivity index (χ1n) is 5.43.